The molecule has 0 aliphatic carbocycles. The van der Waals surface area contributed by atoms with Crippen molar-refractivity contribution in [1.82, 2.24) is 4.90 Å². The minimum Gasteiger partial charge on any atom is -0.497 e. The molecular weight excluding hydrogens is 354 g/mol. The Kier molecular flexibility index (Phi) is 4.55. The van der Waals surface area contributed by atoms with Crippen molar-refractivity contribution >= 4 is 17.7 Å². The molecule has 2 aromatic carbocycles. The molecular formula is C19H19NO5S. The second kappa shape index (κ2) is 6.99. The number of carbonyl (C=O) groups is 1. The molecule has 2 aliphatic heterocycles. The van der Waals surface area contributed by atoms with Crippen LogP contribution >= 0.6 is 11.8 Å². The maximum absolute atomic E-state index is 12.5. The van der Waals surface area contributed by atoms with Gasteiger partial charge in [-0.1, -0.05) is 6.07 Å². The lowest BCUT2D eigenvalue weighted by molar-refractivity contribution is -0.128. The third kappa shape index (κ3) is 3.03. The van der Waals surface area contributed by atoms with Crippen LogP contribution in [0.2, 0.25) is 0 Å². The van der Waals surface area contributed by atoms with Gasteiger partial charge in [0.1, 0.15) is 16.9 Å². The fourth-order valence-corrected chi connectivity index (χ4v) is 4.35. The molecule has 1 fully saturated rings. The van der Waals surface area contributed by atoms with Gasteiger partial charge >= 0.3 is 0 Å². The van der Waals surface area contributed by atoms with Crippen LogP contribution in [0.1, 0.15) is 16.5 Å². The lowest BCUT2D eigenvalue weighted by atomic mass is 10.1. The zero-order valence-electron chi connectivity index (χ0n) is 14.6. The smallest absolute Gasteiger partial charge is 0.234 e. The summed E-state index contributed by atoms with van der Waals surface area (Å²) in [7, 11) is 3.25. The molecule has 1 unspecified atom stereocenters. The highest BCUT2D eigenvalue weighted by Crippen LogP contribution is 2.44. The van der Waals surface area contributed by atoms with Crippen LogP contribution in [-0.4, -0.2) is 37.6 Å². The summed E-state index contributed by atoms with van der Waals surface area (Å²) in [4.78, 5) is 14.4. The van der Waals surface area contributed by atoms with E-state index in [-0.39, 0.29) is 18.1 Å². The molecule has 7 heteroatoms. The van der Waals surface area contributed by atoms with Crippen molar-refractivity contribution in [2.75, 3.05) is 26.8 Å². The summed E-state index contributed by atoms with van der Waals surface area (Å²) in [5.41, 5.74) is 1.97. The van der Waals surface area contributed by atoms with Crippen molar-refractivity contribution in [3.05, 3.63) is 47.5 Å². The number of nitrogens with zero attached hydrogens (tertiary/aromatic N) is 1. The molecule has 0 aromatic heterocycles. The molecule has 4 rings (SSSR count). The van der Waals surface area contributed by atoms with Crippen molar-refractivity contribution < 1.29 is 23.7 Å². The molecule has 0 bridgehead atoms. The Morgan fingerprint density at radius 3 is 2.77 bits per heavy atom. The van der Waals surface area contributed by atoms with Crippen molar-refractivity contribution in [3.8, 4) is 23.0 Å². The van der Waals surface area contributed by atoms with Crippen molar-refractivity contribution in [2.24, 2.45) is 0 Å². The first-order chi connectivity index (χ1) is 12.7. The summed E-state index contributed by atoms with van der Waals surface area (Å²) in [6.45, 7) is 0.741. The number of methoxy groups -OCH3 is 2. The largest absolute Gasteiger partial charge is 0.497 e. The normalized spacial score (nSPS) is 18.3. The van der Waals surface area contributed by atoms with Gasteiger partial charge in [-0.2, -0.15) is 0 Å². The number of carbonyl (C=O) groups excluding carboxylic acids is 1. The van der Waals surface area contributed by atoms with E-state index in [2.05, 4.69) is 0 Å². The summed E-state index contributed by atoms with van der Waals surface area (Å²) >= 11 is 1.60. The van der Waals surface area contributed by atoms with Gasteiger partial charge in [0.25, 0.3) is 0 Å². The average Bonchev–Trinajstić information content (AvgIpc) is 3.28. The molecule has 1 saturated heterocycles. The molecule has 2 aliphatic rings. The van der Waals surface area contributed by atoms with Crippen LogP contribution in [0.5, 0.6) is 23.0 Å². The van der Waals surface area contributed by atoms with Gasteiger partial charge in [-0.05, 0) is 29.8 Å². The van der Waals surface area contributed by atoms with Crippen LogP contribution in [0.3, 0.4) is 0 Å². The number of hydrogen-bond donors (Lipinski definition) is 0. The van der Waals surface area contributed by atoms with E-state index in [4.69, 9.17) is 18.9 Å². The van der Waals surface area contributed by atoms with Gasteiger partial charge in [-0.3, -0.25) is 4.79 Å². The summed E-state index contributed by atoms with van der Waals surface area (Å²) in [6.07, 6.45) is 0. The summed E-state index contributed by atoms with van der Waals surface area (Å²) in [6, 6.07) is 11.5. The fourth-order valence-electron chi connectivity index (χ4n) is 3.14. The Labute approximate surface area is 156 Å². The highest BCUT2D eigenvalue weighted by molar-refractivity contribution is 8.00. The number of thioether (sulfide) groups is 1. The average molecular weight is 373 g/mol. The van der Waals surface area contributed by atoms with Gasteiger partial charge in [-0.25, -0.2) is 0 Å². The van der Waals surface area contributed by atoms with Crippen molar-refractivity contribution in [3.63, 3.8) is 0 Å². The van der Waals surface area contributed by atoms with E-state index >= 15 is 0 Å². The standard InChI is InChI=1S/C19H19NO5S/c1-22-13-4-5-14(16(8-13)23-2)19-20(18(21)10-26-19)9-12-3-6-15-17(7-12)25-11-24-15/h3-8,19H,9-11H2,1-2H3. The molecule has 0 saturated carbocycles. The SMILES string of the molecule is COc1ccc(C2SCC(=O)N2Cc2ccc3c(c2)OCO3)c(OC)c1. The summed E-state index contributed by atoms with van der Waals surface area (Å²) in [5, 5.41) is -0.103. The number of hydrogen-bond acceptors (Lipinski definition) is 6. The minimum absolute atomic E-state index is 0.103. The molecule has 1 atom stereocenters. The third-order valence-corrected chi connectivity index (χ3v) is 5.70. The Morgan fingerprint density at radius 2 is 1.96 bits per heavy atom. The molecule has 26 heavy (non-hydrogen) atoms. The van der Waals surface area contributed by atoms with Crippen LogP contribution in [-0.2, 0) is 11.3 Å². The number of benzene rings is 2. The monoisotopic (exact) mass is 373 g/mol. The predicted octanol–water partition coefficient (Wildman–Crippen LogP) is 3.21. The van der Waals surface area contributed by atoms with Gasteiger partial charge in [0.15, 0.2) is 11.5 Å². The Bertz CT molecular complexity index is 841. The Morgan fingerprint density at radius 1 is 1.12 bits per heavy atom. The fraction of sp³-hybridized carbons (Fsp3) is 0.316. The van der Waals surface area contributed by atoms with Crippen LogP contribution in [0.15, 0.2) is 36.4 Å². The third-order valence-electron chi connectivity index (χ3n) is 4.46. The molecule has 6 nitrogen and oxygen atoms in total. The lowest BCUT2D eigenvalue weighted by Gasteiger charge is -2.26. The van der Waals surface area contributed by atoms with E-state index in [9.17, 15) is 4.79 Å². The Balaban J connectivity index is 1.61. The van der Waals surface area contributed by atoms with Gasteiger partial charge in [0.05, 0.1) is 20.0 Å². The summed E-state index contributed by atoms with van der Waals surface area (Å²) in [5.74, 6) is 3.46. The zero-order valence-corrected chi connectivity index (χ0v) is 15.4. The van der Waals surface area contributed by atoms with Crippen molar-refractivity contribution in [1.29, 1.82) is 0 Å². The number of ether oxygens (including phenoxy) is 4. The van der Waals surface area contributed by atoms with E-state index in [0.717, 1.165) is 28.4 Å². The van der Waals surface area contributed by atoms with Gasteiger partial charge < -0.3 is 23.8 Å². The Hall–Kier alpha value is -2.54. The first kappa shape index (κ1) is 16.9. The number of amides is 1. The second-order valence-corrected chi connectivity index (χ2v) is 7.05. The molecule has 0 N–H and O–H groups in total. The summed E-state index contributed by atoms with van der Waals surface area (Å²) < 4.78 is 21.6. The highest BCUT2D eigenvalue weighted by Gasteiger charge is 2.35. The predicted molar refractivity (Wildman–Crippen MR) is 97.9 cm³/mol. The molecule has 2 aromatic rings. The van der Waals surface area contributed by atoms with Crippen molar-refractivity contribution in [2.45, 2.75) is 11.9 Å². The van der Waals surface area contributed by atoms with Gasteiger partial charge in [-0.15, -0.1) is 11.8 Å². The van der Waals surface area contributed by atoms with E-state index in [1.165, 1.54) is 0 Å². The lowest BCUT2D eigenvalue weighted by Crippen LogP contribution is -2.27. The number of rotatable bonds is 5. The topological polar surface area (TPSA) is 57.2 Å². The second-order valence-electron chi connectivity index (χ2n) is 5.98. The maximum Gasteiger partial charge on any atom is 0.234 e. The minimum atomic E-state index is -0.103. The molecule has 0 spiro atoms. The molecule has 1 amide bonds. The quantitative estimate of drug-likeness (QED) is 0.802. The van der Waals surface area contributed by atoms with E-state index in [1.807, 2.05) is 41.3 Å². The van der Waals surface area contributed by atoms with Crippen LogP contribution < -0.4 is 18.9 Å². The zero-order chi connectivity index (χ0) is 18.1. The highest BCUT2D eigenvalue weighted by atomic mass is 32.2. The molecule has 2 heterocycles. The van der Waals surface area contributed by atoms with Gasteiger partial charge in [0.2, 0.25) is 12.7 Å². The first-order valence-corrected chi connectivity index (χ1v) is 9.26. The van der Waals surface area contributed by atoms with Gasteiger partial charge in [0, 0.05) is 18.2 Å². The van der Waals surface area contributed by atoms with Crippen LogP contribution in [0, 0.1) is 0 Å². The van der Waals surface area contributed by atoms with E-state index in [1.54, 1.807) is 26.0 Å². The number of fused-ring (bicyclic) bond motifs is 1. The molecule has 0 radical (unpaired) electrons. The van der Waals surface area contributed by atoms with E-state index in [0.29, 0.717) is 18.0 Å². The maximum atomic E-state index is 12.5. The van der Waals surface area contributed by atoms with Crippen LogP contribution in [0.4, 0.5) is 0 Å². The van der Waals surface area contributed by atoms with E-state index < -0.39 is 0 Å². The first-order valence-electron chi connectivity index (χ1n) is 8.21. The molecule has 136 valence electrons. The van der Waals surface area contributed by atoms with Crippen LogP contribution in [0.25, 0.3) is 0 Å².